The van der Waals surface area contributed by atoms with E-state index >= 15 is 0 Å². The highest BCUT2D eigenvalue weighted by molar-refractivity contribution is 14.1. The molecule has 0 unspecified atom stereocenters. The molecule has 88 valence electrons. The lowest BCUT2D eigenvalue weighted by Gasteiger charge is -1.97. The third-order valence-electron chi connectivity index (χ3n) is 1.84. The van der Waals surface area contributed by atoms with Gasteiger partial charge in [-0.15, -0.1) is 11.3 Å². The first kappa shape index (κ1) is 12.6. The van der Waals surface area contributed by atoms with Crippen LogP contribution in [0.25, 0.3) is 0 Å². The Morgan fingerprint density at radius 2 is 2.35 bits per heavy atom. The number of nitrogens with zero attached hydrogens (tertiary/aromatic N) is 2. The molecule has 0 aliphatic heterocycles. The highest BCUT2D eigenvalue weighted by Gasteiger charge is 1.97. The van der Waals surface area contributed by atoms with Crippen molar-refractivity contribution in [3.8, 4) is 0 Å². The van der Waals surface area contributed by atoms with Crippen LogP contribution in [0.5, 0.6) is 0 Å². The molecule has 0 aliphatic carbocycles. The number of benzene rings is 1. The molecule has 4 nitrogen and oxygen atoms in total. The summed E-state index contributed by atoms with van der Waals surface area (Å²) in [7, 11) is 0. The Balaban J connectivity index is 2.03. The Hall–Kier alpha value is -0.860. The van der Waals surface area contributed by atoms with Crippen molar-refractivity contribution < 1.29 is 0 Å². The van der Waals surface area contributed by atoms with Crippen LogP contribution in [-0.2, 0) is 0 Å². The van der Waals surface area contributed by atoms with Crippen LogP contribution in [0.2, 0.25) is 5.02 Å². The zero-order valence-electron chi connectivity index (χ0n) is 8.52. The summed E-state index contributed by atoms with van der Waals surface area (Å²) >= 11 is 9.58. The molecule has 0 saturated heterocycles. The minimum absolute atomic E-state index is 0.491. The van der Waals surface area contributed by atoms with Crippen LogP contribution >= 0.6 is 45.5 Å². The first-order chi connectivity index (χ1) is 8.15. The molecule has 0 saturated carbocycles. The average molecular weight is 379 g/mol. The number of anilines is 2. The molecular weight excluding hydrogens is 371 g/mol. The third kappa shape index (κ3) is 3.55. The lowest BCUT2D eigenvalue weighted by Crippen LogP contribution is -1.91. The smallest absolute Gasteiger partial charge is 0.205 e. The van der Waals surface area contributed by atoms with Crippen molar-refractivity contribution in [3.63, 3.8) is 0 Å². The van der Waals surface area contributed by atoms with Crippen molar-refractivity contribution >= 4 is 62.7 Å². The predicted octanol–water partition coefficient (Wildman–Crippen LogP) is 3.43. The Morgan fingerprint density at radius 3 is 3.00 bits per heavy atom. The number of hydrogen-bond donors (Lipinski definition) is 2. The highest BCUT2D eigenvalue weighted by atomic mass is 127. The topological polar surface area (TPSA) is 63.3 Å². The molecule has 1 aromatic heterocycles. The van der Waals surface area contributed by atoms with E-state index in [2.05, 4.69) is 38.1 Å². The summed E-state index contributed by atoms with van der Waals surface area (Å²) in [4.78, 5) is 4.02. The number of hydrogen-bond acceptors (Lipinski definition) is 5. The van der Waals surface area contributed by atoms with E-state index in [0.29, 0.717) is 16.0 Å². The molecule has 2 aromatic rings. The summed E-state index contributed by atoms with van der Waals surface area (Å²) < 4.78 is 1.02. The summed E-state index contributed by atoms with van der Waals surface area (Å²) in [5.74, 6) is 0.491. The SMILES string of the molecule is Nc1csc(NN=Cc2ccc(I)c(Cl)c2)n1. The van der Waals surface area contributed by atoms with Crippen molar-refractivity contribution in [2.75, 3.05) is 11.2 Å². The minimum atomic E-state index is 0.491. The van der Waals surface area contributed by atoms with Crippen LogP contribution in [0, 0.1) is 3.57 Å². The molecule has 2 rings (SSSR count). The maximum Gasteiger partial charge on any atom is 0.205 e. The van der Waals surface area contributed by atoms with Gasteiger partial charge in [0, 0.05) is 8.95 Å². The second-order valence-electron chi connectivity index (χ2n) is 3.12. The Morgan fingerprint density at radius 1 is 1.53 bits per heavy atom. The molecule has 0 fully saturated rings. The molecule has 17 heavy (non-hydrogen) atoms. The second kappa shape index (κ2) is 5.65. The fourth-order valence-electron chi connectivity index (χ4n) is 1.09. The van der Waals surface area contributed by atoms with E-state index in [9.17, 15) is 0 Å². The van der Waals surface area contributed by atoms with Crippen LogP contribution in [0.4, 0.5) is 10.9 Å². The number of nitrogen functional groups attached to an aromatic ring is 1. The number of hydrazone groups is 1. The summed E-state index contributed by atoms with van der Waals surface area (Å²) in [5, 5.41) is 7.18. The van der Waals surface area contributed by atoms with Crippen molar-refractivity contribution in [1.29, 1.82) is 0 Å². The first-order valence-electron chi connectivity index (χ1n) is 4.60. The van der Waals surface area contributed by atoms with Crippen LogP contribution in [0.3, 0.4) is 0 Å². The number of nitrogens with one attached hydrogen (secondary N) is 1. The molecular formula is C10H8ClIN4S. The fourth-order valence-corrected chi connectivity index (χ4v) is 2.17. The largest absolute Gasteiger partial charge is 0.383 e. The molecule has 0 aliphatic rings. The zero-order chi connectivity index (χ0) is 12.3. The number of nitrogens with two attached hydrogens (primary N) is 1. The summed E-state index contributed by atoms with van der Waals surface area (Å²) in [6, 6.07) is 5.73. The van der Waals surface area contributed by atoms with Gasteiger partial charge in [0.05, 0.1) is 11.2 Å². The lowest BCUT2D eigenvalue weighted by atomic mass is 10.2. The lowest BCUT2D eigenvalue weighted by molar-refractivity contribution is 1.29. The maximum absolute atomic E-state index is 6.00. The van der Waals surface area contributed by atoms with E-state index in [1.807, 2.05) is 18.2 Å². The second-order valence-corrected chi connectivity index (χ2v) is 5.55. The molecule has 1 heterocycles. The Kier molecular flexibility index (Phi) is 4.19. The molecule has 0 atom stereocenters. The van der Waals surface area contributed by atoms with E-state index in [0.717, 1.165) is 9.13 Å². The van der Waals surface area contributed by atoms with Gasteiger partial charge in [-0.2, -0.15) is 5.10 Å². The van der Waals surface area contributed by atoms with Gasteiger partial charge in [0.15, 0.2) is 0 Å². The van der Waals surface area contributed by atoms with Gasteiger partial charge in [-0.1, -0.05) is 17.7 Å². The molecule has 7 heteroatoms. The molecule has 0 bridgehead atoms. The van der Waals surface area contributed by atoms with Crippen molar-refractivity contribution in [2.45, 2.75) is 0 Å². The number of aromatic nitrogens is 1. The summed E-state index contributed by atoms with van der Waals surface area (Å²) in [5.41, 5.74) is 9.21. The average Bonchev–Trinajstić information content (AvgIpc) is 2.70. The number of rotatable bonds is 3. The van der Waals surface area contributed by atoms with Gasteiger partial charge < -0.3 is 5.73 Å². The molecule has 0 spiro atoms. The zero-order valence-corrected chi connectivity index (χ0v) is 12.3. The van der Waals surface area contributed by atoms with Gasteiger partial charge >= 0.3 is 0 Å². The first-order valence-corrected chi connectivity index (χ1v) is 6.94. The molecule has 0 radical (unpaired) electrons. The monoisotopic (exact) mass is 378 g/mol. The number of thiazole rings is 1. The number of halogens is 2. The van der Waals surface area contributed by atoms with Gasteiger partial charge in [0.25, 0.3) is 0 Å². The molecule has 3 N–H and O–H groups in total. The summed E-state index contributed by atoms with van der Waals surface area (Å²) in [6.45, 7) is 0. The molecule has 0 amide bonds. The summed E-state index contributed by atoms with van der Waals surface area (Å²) in [6.07, 6.45) is 1.68. The van der Waals surface area contributed by atoms with Gasteiger partial charge in [-0.25, -0.2) is 4.98 Å². The van der Waals surface area contributed by atoms with Crippen LogP contribution in [-0.4, -0.2) is 11.2 Å². The predicted molar refractivity (Wildman–Crippen MR) is 81.9 cm³/mol. The van der Waals surface area contributed by atoms with Crippen LogP contribution < -0.4 is 11.2 Å². The maximum atomic E-state index is 6.00. The van der Waals surface area contributed by atoms with Crippen LogP contribution in [0.1, 0.15) is 5.56 Å². The quantitative estimate of drug-likeness (QED) is 0.489. The van der Waals surface area contributed by atoms with Crippen LogP contribution in [0.15, 0.2) is 28.7 Å². The van der Waals surface area contributed by atoms with Gasteiger partial charge in [0.1, 0.15) is 5.82 Å². The normalized spacial score (nSPS) is 10.9. The third-order valence-corrected chi connectivity index (χ3v) is 4.18. The van der Waals surface area contributed by atoms with Crippen molar-refractivity contribution in [1.82, 2.24) is 4.98 Å². The standard InChI is InChI=1S/C10H8ClIN4S/c11-7-3-6(1-2-8(7)12)4-14-16-10-15-9(13)5-17-10/h1-5H,13H2,(H,15,16). The Bertz CT molecular complexity index is 555. The van der Waals surface area contributed by atoms with E-state index in [-0.39, 0.29) is 0 Å². The van der Waals surface area contributed by atoms with Gasteiger partial charge in [0.2, 0.25) is 5.13 Å². The minimum Gasteiger partial charge on any atom is -0.383 e. The van der Waals surface area contributed by atoms with E-state index < -0.39 is 0 Å². The van der Waals surface area contributed by atoms with E-state index in [1.54, 1.807) is 11.6 Å². The van der Waals surface area contributed by atoms with E-state index in [1.165, 1.54) is 11.3 Å². The van der Waals surface area contributed by atoms with Gasteiger partial charge in [-0.05, 0) is 40.3 Å². The molecule has 1 aromatic carbocycles. The van der Waals surface area contributed by atoms with Gasteiger partial charge in [-0.3, -0.25) is 5.43 Å². The highest BCUT2D eigenvalue weighted by Crippen LogP contribution is 2.19. The Labute approximate surface area is 121 Å². The van der Waals surface area contributed by atoms with Crippen molar-refractivity contribution in [3.05, 3.63) is 37.7 Å². The fraction of sp³-hybridized carbons (Fsp3) is 0. The van der Waals surface area contributed by atoms with Crippen molar-refractivity contribution in [2.24, 2.45) is 5.10 Å². The van der Waals surface area contributed by atoms with E-state index in [4.69, 9.17) is 17.3 Å².